The number of hydrogen-bond acceptors (Lipinski definition) is 4. The van der Waals surface area contributed by atoms with Gasteiger partial charge in [0, 0.05) is 18.8 Å². The highest BCUT2D eigenvalue weighted by atomic mass is 19.4. The second kappa shape index (κ2) is 9.78. The van der Waals surface area contributed by atoms with Crippen molar-refractivity contribution in [1.82, 2.24) is 20.1 Å². The summed E-state index contributed by atoms with van der Waals surface area (Å²) in [5.74, 6) is 0.0449. The molecular formula is C25H21F3N4O2. The minimum absolute atomic E-state index is 0.219. The summed E-state index contributed by atoms with van der Waals surface area (Å²) in [4.78, 5) is 16.9. The van der Waals surface area contributed by atoms with Crippen molar-refractivity contribution in [3.63, 3.8) is 0 Å². The molecule has 0 unspecified atom stereocenters. The normalized spacial score (nSPS) is 11.3. The van der Waals surface area contributed by atoms with Gasteiger partial charge < -0.3 is 10.1 Å². The zero-order chi connectivity index (χ0) is 24.1. The predicted molar refractivity (Wildman–Crippen MR) is 119 cm³/mol. The van der Waals surface area contributed by atoms with Crippen LogP contribution in [0.15, 0.2) is 79.1 Å². The molecule has 0 saturated carbocycles. The number of carbonyl (C=O) groups excluding carboxylic acids is 1. The Kier molecular flexibility index (Phi) is 6.62. The molecule has 0 aliphatic heterocycles. The number of aromatic nitrogens is 3. The molecule has 0 fully saturated rings. The Morgan fingerprint density at radius 3 is 2.59 bits per heavy atom. The standard InChI is InChI=1S/C25H21F3N4O2/c1-17-22(15-31-32(17)21-9-5-8-20(13-21)25(26,27)28)24(33)30-14-19-10-11-29-23(12-19)34-16-18-6-3-2-4-7-18/h2-13,15H,14,16H2,1H3,(H,30,33). The van der Waals surface area contributed by atoms with Crippen molar-refractivity contribution in [3.8, 4) is 11.6 Å². The van der Waals surface area contributed by atoms with Gasteiger partial charge in [0.2, 0.25) is 5.88 Å². The van der Waals surface area contributed by atoms with Crippen molar-refractivity contribution >= 4 is 5.91 Å². The zero-order valence-corrected chi connectivity index (χ0v) is 18.2. The summed E-state index contributed by atoms with van der Waals surface area (Å²) in [5, 5.41) is 6.91. The first-order chi connectivity index (χ1) is 16.3. The fourth-order valence-electron chi connectivity index (χ4n) is 3.36. The summed E-state index contributed by atoms with van der Waals surface area (Å²) in [6.45, 7) is 2.22. The van der Waals surface area contributed by atoms with Crippen LogP contribution in [0.2, 0.25) is 0 Å². The van der Waals surface area contributed by atoms with Crippen LogP contribution in [0.4, 0.5) is 13.2 Å². The molecule has 2 heterocycles. The molecule has 34 heavy (non-hydrogen) atoms. The first-order valence-electron chi connectivity index (χ1n) is 10.4. The number of alkyl halides is 3. The topological polar surface area (TPSA) is 69.0 Å². The first-order valence-corrected chi connectivity index (χ1v) is 10.4. The second-order valence-corrected chi connectivity index (χ2v) is 7.56. The number of amides is 1. The van der Waals surface area contributed by atoms with Crippen LogP contribution in [0.1, 0.15) is 32.7 Å². The van der Waals surface area contributed by atoms with Gasteiger partial charge in [-0.1, -0.05) is 36.4 Å². The molecule has 0 atom stereocenters. The third-order valence-corrected chi connectivity index (χ3v) is 5.15. The Morgan fingerprint density at radius 2 is 1.82 bits per heavy atom. The van der Waals surface area contributed by atoms with E-state index in [9.17, 15) is 18.0 Å². The Labute approximate surface area is 194 Å². The summed E-state index contributed by atoms with van der Waals surface area (Å²) in [6.07, 6.45) is -1.53. The monoisotopic (exact) mass is 466 g/mol. The minimum atomic E-state index is -4.47. The van der Waals surface area contributed by atoms with E-state index in [1.807, 2.05) is 30.3 Å². The smallest absolute Gasteiger partial charge is 0.416 e. The highest BCUT2D eigenvalue weighted by molar-refractivity contribution is 5.95. The number of nitrogens with zero attached hydrogens (tertiary/aromatic N) is 3. The van der Waals surface area contributed by atoms with Crippen LogP contribution in [-0.2, 0) is 19.3 Å². The van der Waals surface area contributed by atoms with Crippen LogP contribution in [0.3, 0.4) is 0 Å². The van der Waals surface area contributed by atoms with Crippen molar-refractivity contribution in [2.24, 2.45) is 0 Å². The summed E-state index contributed by atoms with van der Waals surface area (Å²) < 4.78 is 46.1. The Bertz CT molecular complexity index is 1290. The number of nitrogens with one attached hydrogen (secondary N) is 1. The maximum atomic E-state index is 13.0. The number of benzene rings is 2. The lowest BCUT2D eigenvalue weighted by Crippen LogP contribution is -2.23. The summed E-state index contributed by atoms with van der Waals surface area (Å²) in [7, 11) is 0. The first kappa shape index (κ1) is 23.0. The molecule has 0 saturated heterocycles. The summed E-state index contributed by atoms with van der Waals surface area (Å²) in [6, 6.07) is 18.0. The highest BCUT2D eigenvalue weighted by Gasteiger charge is 2.30. The van der Waals surface area contributed by atoms with Crippen molar-refractivity contribution in [1.29, 1.82) is 0 Å². The molecule has 0 aliphatic carbocycles. The molecule has 0 spiro atoms. The number of pyridine rings is 1. The number of carbonyl (C=O) groups is 1. The quantitative estimate of drug-likeness (QED) is 0.411. The third kappa shape index (κ3) is 5.43. The van der Waals surface area contributed by atoms with E-state index in [1.54, 1.807) is 25.3 Å². The van der Waals surface area contributed by atoms with E-state index in [4.69, 9.17) is 4.74 Å². The Hall–Kier alpha value is -4.14. The van der Waals surface area contributed by atoms with Gasteiger partial charge in [0.25, 0.3) is 5.91 Å². The molecule has 0 bridgehead atoms. The molecule has 6 nitrogen and oxygen atoms in total. The van der Waals surface area contributed by atoms with E-state index in [0.29, 0.717) is 18.2 Å². The maximum absolute atomic E-state index is 13.0. The fourth-order valence-corrected chi connectivity index (χ4v) is 3.36. The maximum Gasteiger partial charge on any atom is 0.416 e. The van der Waals surface area contributed by atoms with Crippen molar-refractivity contribution < 1.29 is 22.7 Å². The molecule has 0 radical (unpaired) electrons. The molecular weight excluding hydrogens is 445 g/mol. The molecule has 2 aromatic heterocycles. The Balaban J connectivity index is 1.41. The minimum Gasteiger partial charge on any atom is -0.473 e. The van der Waals surface area contributed by atoms with Crippen LogP contribution < -0.4 is 10.1 Å². The van der Waals surface area contributed by atoms with Gasteiger partial charge in [0.15, 0.2) is 0 Å². The van der Waals surface area contributed by atoms with Gasteiger partial charge in [-0.05, 0) is 42.3 Å². The number of halogens is 3. The lowest BCUT2D eigenvalue weighted by Gasteiger charge is -2.10. The molecule has 9 heteroatoms. The van der Waals surface area contributed by atoms with Gasteiger partial charge in [0.1, 0.15) is 6.61 Å². The molecule has 174 valence electrons. The van der Waals surface area contributed by atoms with Gasteiger partial charge >= 0.3 is 6.18 Å². The van der Waals surface area contributed by atoms with Crippen LogP contribution in [0, 0.1) is 6.92 Å². The highest BCUT2D eigenvalue weighted by Crippen LogP contribution is 2.30. The van der Waals surface area contributed by atoms with Crippen LogP contribution in [0.5, 0.6) is 5.88 Å². The van der Waals surface area contributed by atoms with E-state index < -0.39 is 11.7 Å². The largest absolute Gasteiger partial charge is 0.473 e. The predicted octanol–water partition coefficient (Wildman–Crippen LogP) is 5.10. The van der Waals surface area contributed by atoms with E-state index >= 15 is 0 Å². The van der Waals surface area contributed by atoms with Crippen molar-refractivity contribution in [2.75, 3.05) is 0 Å². The van der Waals surface area contributed by atoms with E-state index in [1.165, 1.54) is 23.0 Å². The van der Waals surface area contributed by atoms with Crippen LogP contribution >= 0.6 is 0 Å². The number of ether oxygens (including phenoxy) is 1. The van der Waals surface area contributed by atoms with Gasteiger partial charge in [-0.15, -0.1) is 0 Å². The molecule has 4 aromatic rings. The SMILES string of the molecule is Cc1c(C(=O)NCc2ccnc(OCc3ccccc3)c2)cnn1-c1cccc(C(F)(F)F)c1. The zero-order valence-electron chi connectivity index (χ0n) is 18.2. The Morgan fingerprint density at radius 1 is 1.03 bits per heavy atom. The lowest BCUT2D eigenvalue weighted by molar-refractivity contribution is -0.137. The van der Waals surface area contributed by atoms with Crippen molar-refractivity contribution in [2.45, 2.75) is 26.3 Å². The molecule has 2 aromatic carbocycles. The average molecular weight is 466 g/mol. The summed E-state index contributed by atoms with van der Waals surface area (Å²) >= 11 is 0. The summed E-state index contributed by atoms with van der Waals surface area (Å²) in [5.41, 5.74) is 1.94. The lowest BCUT2D eigenvalue weighted by atomic mass is 10.2. The van der Waals surface area contributed by atoms with Gasteiger partial charge in [-0.2, -0.15) is 18.3 Å². The van der Waals surface area contributed by atoms with Gasteiger partial charge in [-0.3, -0.25) is 4.79 Å². The third-order valence-electron chi connectivity index (χ3n) is 5.15. The van der Waals surface area contributed by atoms with Crippen LogP contribution in [0.25, 0.3) is 5.69 Å². The van der Waals surface area contributed by atoms with E-state index in [-0.39, 0.29) is 23.7 Å². The van der Waals surface area contributed by atoms with Gasteiger partial charge in [0.05, 0.1) is 28.7 Å². The van der Waals surface area contributed by atoms with E-state index in [0.717, 1.165) is 23.3 Å². The molecule has 1 N–H and O–H groups in total. The van der Waals surface area contributed by atoms with E-state index in [2.05, 4.69) is 15.4 Å². The number of hydrogen-bond donors (Lipinski definition) is 1. The fraction of sp³-hybridized carbons (Fsp3) is 0.160. The average Bonchev–Trinajstić information content (AvgIpc) is 3.23. The van der Waals surface area contributed by atoms with Gasteiger partial charge in [-0.25, -0.2) is 9.67 Å². The second-order valence-electron chi connectivity index (χ2n) is 7.56. The number of rotatable bonds is 7. The van der Waals surface area contributed by atoms with Crippen LogP contribution in [-0.4, -0.2) is 20.7 Å². The van der Waals surface area contributed by atoms with Crippen molar-refractivity contribution in [3.05, 3.63) is 107 Å². The molecule has 4 rings (SSSR count). The molecule has 1 amide bonds. The molecule has 0 aliphatic rings.